The van der Waals surface area contributed by atoms with Gasteiger partial charge in [-0.25, -0.2) is 0 Å². The van der Waals surface area contributed by atoms with Crippen molar-refractivity contribution >= 4 is 5.97 Å². The Morgan fingerprint density at radius 2 is 1.80 bits per heavy atom. The van der Waals surface area contributed by atoms with Crippen molar-refractivity contribution < 1.29 is 14.3 Å². The lowest BCUT2D eigenvalue weighted by Crippen LogP contribution is -2.30. The fraction of sp³-hybridized carbons (Fsp3) is 0.562. The number of ether oxygens (including phenoxy) is 2. The number of esters is 1. The molecule has 1 aromatic rings. The Morgan fingerprint density at radius 1 is 1.25 bits per heavy atom. The molecule has 0 fully saturated rings. The summed E-state index contributed by atoms with van der Waals surface area (Å²) in [5.41, 5.74) is 6.56. The van der Waals surface area contributed by atoms with Crippen LogP contribution in [0.25, 0.3) is 0 Å². The van der Waals surface area contributed by atoms with Gasteiger partial charge in [-0.2, -0.15) is 0 Å². The van der Waals surface area contributed by atoms with Crippen molar-refractivity contribution in [3.63, 3.8) is 0 Å². The van der Waals surface area contributed by atoms with E-state index in [-0.39, 0.29) is 18.1 Å². The molecular weight excluding hydrogens is 254 g/mol. The summed E-state index contributed by atoms with van der Waals surface area (Å²) in [4.78, 5) is 11.7. The number of hydrogen-bond donors (Lipinski definition) is 1. The van der Waals surface area contributed by atoms with Gasteiger partial charge in [-0.05, 0) is 51.8 Å². The molecular formula is C16H25NO3. The van der Waals surface area contributed by atoms with Gasteiger partial charge in [0.1, 0.15) is 5.75 Å². The molecule has 0 bridgehead atoms. The molecule has 1 rings (SSSR count). The predicted octanol–water partition coefficient (Wildman–Crippen LogP) is 3.06. The maximum atomic E-state index is 11.7. The number of nitrogens with two attached hydrogens (primary N) is 1. The Balaban J connectivity index is 2.73. The molecule has 0 aromatic heterocycles. The second kappa shape index (κ2) is 6.75. The quantitative estimate of drug-likeness (QED) is 0.813. The van der Waals surface area contributed by atoms with Crippen molar-refractivity contribution in [3.8, 4) is 5.75 Å². The van der Waals surface area contributed by atoms with Gasteiger partial charge in [-0.3, -0.25) is 4.79 Å². The fourth-order valence-electron chi connectivity index (χ4n) is 2.09. The lowest BCUT2D eigenvalue weighted by molar-refractivity contribution is -0.151. The third kappa shape index (κ3) is 4.53. The second-order valence-electron chi connectivity index (χ2n) is 5.92. The van der Waals surface area contributed by atoms with Crippen LogP contribution < -0.4 is 10.5 Å². The fourth-order valence-corrected chi connectivity index (χ4v) is 2.09. The Kier molecular flexibility index (Phi) is 5.57. The van der Waals surface area contributed by atoms with Gasteiger partial charge in [0, 0.05) is 6.04 Å². The minimum Gasteiger partial charge on any atom is -0.491 e. The summed E-state index contributed by atoms with van der Waals surface area (Å²) in [6.07, 6.45) is 0.678. The van der Waals surface area contributed by atoms with Crippen LogP contribution in [0.1, 0.15) is 45.7 Å². The Hall–Kier alpha value is -1.55. The molecule has 2 N–H and O–H groups in total. The smallest absolute Gasteiger partial charge is 0.311 e. The molecule has 4 nitrogen and oxygen atoms in total. The third-order valence-electron chi connectivity index (χ3n) is 3.15. The minimum absolute atomic E-state index is 0.146. The zero-order chi connectivity index (χ0) is 15.3. The first-order valence-electron chi connectivity index (χ1n) is 6.87. The average Bonchev–Trinajstić information content (AvgIpc) is 2.37. The summed E-state index contributed by atoms with van der Waals surface area (Å²) in [6, 6.07) is 7.48. The second-order valence-corrected chi connectivity index (χ2v) is 5.92. The standard InChI is InChI=1S/C16H25NO3/c1-11(2)20-13-8-6-12(7-9-13)14(17)10-16(3,4)15(18)19-5/h6-9,11,14H,10,17H2,1-5H3. The van der Waals surface area contributed by atoms with Gasteiger partial charge >= 0.3 is 5.97 Å². The summed E-state index contributed by atoms with van der Waals surface area (Å²) in [6.45, 7) is 7.65. The molecule has 0 amide bonds. The topological polar surface area (TPSA) is 61.5 Å². The van der Waals surface area contributed by atoms with Gasteiger partial charge in [0.05, 0.1) is 18.6 Å². The van der Waals surface area contributed by atoms with Crippen LogP contribution in [-0.2, 0) is 9.53 Å². The van der Waals surface area contributed by atoms with E-state index in [9.17, 15) is 4.79 Å². The Bertz CT molecular complexity index is 438. The van der Waals surface area contributed by atoms with Crippen LogP contribution in [-0.4, -0.2) is 19.2 Å². The monoisotopic (exact) mass is 279 g/mol. The molecule has 0 saturated heterocycles. The van der Waals surface area contributed by atoms with Crippen molar-refractivity contribution in [2.45, 2.75) is 46.3 Å². The van der Waals surface area contributed by atoms with E-state index in [0.717, 1.165) is 11.3 Å². The SMILES string of the molecule is COC(=O)C(C)(C)CC(N)c1ccc(OC(C)C)cc1. The van der Waals surface area contributed by atoms with Crippen LogP contribution in [0.15, 0.2) is 24.3 Å². The highest BCUT2D eigenvalue weighted by molar-refractivity contribution is 5.75. The molecule has 0 aliphatic heterocycles. The van der Waals surface area contributed by atoms with E-state index < -0.39 is 5.41 Å². The van der Waals surface area contributed by atoms with Crippen molar-refractivity contribution in [2.75, 3.05) is 7.11 Å². The van der Waals surface area contributed by atoms with Gasteiger partial charge in [0.2, 0.25) is 0 Å². The Morgan fingerprint density at radius 3 is 2.25 bits per heavy atom. The molecule has 0 spiro atoms. The third-order valence-corrected chi connectivity index (χ3v) is 3.15. The van der Waals surface area contributed by atoms with Crippen LogP contribution in [0.3, 0.4) is 0 Å². The normalized spacial score (nSPS) is 13.2. The van der Waals surface area contributed by atoms with Crippen LogP contribution >= 0.6 is 0 Å². The summed E-state index contributed by atoms with van der Waals surface area (Å²) in [5, 5.41) is 0. The zero-order valence-electron chi connectivity index (χ0n) is 13.0. The van der Waals surface area contributed by atoms with Crippen LogP contribution in [0.2, 0.25) is 0 Å². The van der Waals surface area contributed by atoms with Crippen molar-refractivity contribution in [1.82, 2.24) is 0 Å². The van der Waals surface area contributed by atoms with Gasteiger partial charge in [0.25, 0.3) is 0 Å². The van der Waals surface area contributed by atoms with Crippen LogP contribution in [0, 0.1) is 5.41 Å². The van der Waals surface area contributed by atoms with E-state index in [1.807, 2.05) is 52.0 Å². The minimum atomic E-state index is -0.596. The van der Waals surface area contributed by atoms with E-state index in [1.54, 1.807) is 0 Å². The van der Waals surface area contributed by atoms with Crippen molar-refractivity contribution in [3.05, 3.63) is 29.8 Å². The predicted molar refractivity (Wildman–Crippen MR) is 79.5 cm³/mol. The zero-order valence-corrected chi connectivity index (χ0v) is 13.0. The van der Waals surface area contributed by atoms with Gasteiger partial charge in [0.15, 0.2) is 0 Å². The lowest BCUT2D eigenvalue weighted by Gasteiger charge is -2.25. The van der Waals surface area contributed by atoms with E-state index >= 15 is 0 Å². The van der Waals surface area contributed by atoms with Crippen molar-refractivity contribution in [2.24, 2.45) is 11.1 Å². The van der Waals surface area contributed by atoms with E-state index in [1.165, 1.54) is 7.11 Å². The molecule has 0 radical (unpaired) electrons. The summed E-state index contributed by atoms with van der Waals surface area (Å²) in [5.74, 6) is 0.580. The molecule has 0 saturated carbocycles. The van der Waals surface area contributed by atoms with Gasteiger partial charge in [-0.15, -0.1) is 0 Å². The summed E-state index contributed by atoms with van der Waals surface area (Å²) >= 11 is 0. The van der Waals surface area contributed by atoms with Crippen LogP contribution in [0.5, 0.6) is 5.75 Å². The maximum Gasteiger partial charge on any atom is 0.311 e. The Labute approximate surface area is 121 Å². The molecule has 1 atom stereocenters. The molecule has 0 aliphatic rings. The van der Waals surface area contributed by atoms with Gasteiger partial charge in [-0.1, -0.05) is 12.1 Å². The summed E-state index contributed by atoms with van der Waals surface area (Å²) < 4.78 is 10.4. The number of rotatable bonds is 6. The van der Waals surface area contributed by atoms with E-state index in [4.69, 9.17) is 15.2 Å². The first kappa shape index (κ1) is 16.5. The molecule has 1 unspecified atom stereocenters. The highest BCUT2D eigenvalue weighted by atomic mass is 16.5. The first-order chi connectivity index (χ1) is 9.26. The van der Waals surface area contributed by atoms with E-state index in [0.29, 0.717) is 6.42 Å². The molecule has 0 aliphatic carbocycles. The summed E-state index contributed by atoms with van der Waals surface area (Å²) in [7, 11) is 1.40. The average molecular weight is 279 g/mol. The molecule has 20 heavy (non-hydrogen) atoms. The maximum absolute atomic E-state index is 11.7. The van der Waals surface area contributed by atoms with Gasteiger partial charge < -0.3 is 15.2 Å². The molecule has 4 heteroatoms. The number of carbonyl (C=O) groups is 1. The van der Waals surface area contributed by atoms with E-state index in [2.05, 4.69) is 0 Å². The number of hydrogen-bond acceptors (Lipinski definition) is 4. The van der Waals surface area contributed by atoms with Crippen LogP contribution in [0.4, 0.5) is 0 Å². The highest BCUT2D eigenvalue weighted by Crippen LogP contribution is 2.30. The number of methoxy groups -OCH3 is 1. The largest absolute Gasteiger partial charge is 0.491 e. The molecule has 1 aromatic carbocycles. The number of carbonyl (C=O) groups excluding carboxylic acids is 1. The highest BCUT2D eigenvalue weighted by Gasteiger charge is 2.31. The first-order valence-corrected chi connectivity index (χ1v) is 6.87. The number of benzene rings is 1. The molecule has 112 valence electrons. The molecule has 0 heterocycles. The van der Waals surface area contributed by atoms with Crippen molar-refractivity contribution in [1.29, 1.82) is 0 Å². The lowest BCUT2D eigenvalue weighted by atomic mass is 9.84.